The number of benzene rings is 2. The van der Waals surface area contributed by atoms with E-state index >= 15 is 0 Å². The van der Waals surface area contributed by atoms with Crippen LogP contribution in [0.15, 0.2) is 48.5 Å². The zero-order valence-electron chi connectivity index (χ0n) is 18.0. The molecule has 0 saturated carbocycles. The molecule has 1 aliphatic heterocycles. The number of carbonyl (C=O) groups is 1. The Morgan fingerprint density at radius 1 is 1.07 bits per heavy atom. The molecule has 2 aromatic rings. The number of piperidine rings is 1. The second-order valence-corrected chi connectivity index (χ2v) is 9.72. The van der Waals surface area contributed by atoms with Crippen LogP contribution in [0, 0.1) is 5.92 Å². The van der Waals surface area contributed by atoms with Crippen LogP contribution in [0.5, 0.6) is 0 Å². The number of carbonyl (C=O) groups excluding carboxylic acids is 1. The van der Waals surface area contributed by atoms with Crippen LogP contribution in [0.3, 0.4) is 0 Å². The normalized spacial score (nSPS) is 17.1. The Labute approximate surface area is 180 Å². The van der Waals surface area contributed by atoms with Crippen molar-refractivity contribution >= 4 is 17.5 Å². The molecule has 0 aromatic heterocycles. The molecule has 1 amide bonds. The molecule has 156 valence electrons. The van der Waals surface area contributed by atoms with Gasteiger partial charge in [0.25, 0.3) is 0 Å². The van der Waals surface area contributed by atoms with E-state index in [4.69, 9.17) is 11.6 Å². The molecule has 1 saturated heterocycles. The van der Waals surface area contributed by atoms with E-state index in [-0.39, 0.29) is 23.3 Å². The number of rotatable bonds is 5. The summed E-state index contributed by atoms with van der Waals surface area (Å²) in [6.45, 7) is 11.5. The highest BCUT2D eigenvalue weighted by Crippen LogP contribution is 2.25. The Balaban J connectivity index is 1.48. The lowest BCUT2D eigenvalue weighted by atomic mass is 9.86. The van der Waals surface area contributed by atoms with Crippen LogP contribution < -0.4 is 5.32 Å². The number of halogens is 1. The van der Waals surface area contributed by atoms with Gasteiger partial charge in [-0.15, -0.1) is 0 Å². The van der Waals surface area contributed by atoms with Gasteiger partial charge < -0.3 is 5.32 Å². The van der Waals surface area contributed by atoms with Crippen molar-refractivity contribution in [2.24, 2.45) is 5.92 Å². The number of hydrogen-bond donors (Lipinski definition) is 1. The van der Waals surface area contributed by atoms with E-state index in [0.29, 0.717) is 0 Å². The van der Waals surface area contributed by atoms with Gasteiger partial charge in [-0.05, 0) is 67.1 Å². The summed E-state index contributed by atoms with van der Waals surface area (Å²) in [6, 6.07) is 16.7. The van der Waals surface area contributed by atoms with E-state index in [1.54, 1.807) is 0 Å². The SMILES string of the molecule is C[C@@H](NC(=O)C1CCN(Cc2ccc(Cl)cc2)CC1)c1ccc(C(C)(C)C)cc1. The second kappa shape index (κ2) is 9.32. The van der Waals surface area contributed by atoms with Gasteiger partial charge in [-0.25, -0.2) is 0 Å². The fourth-order valence-electron chi connectivity index (χ4n) is 3.89. The topological polar surface area (TPSA) is 32.3 Å². The van der Waals surface area contributed by atoms with Crippen LogP contribution in [0.2, 0.25) is 5.02 Å². The van der Waals surface area contributed by atoms with Crippen molar-refractivity contribution in [2.45, 2.75) is 58.5 Å². The average molecular weight is 413 g/mol. The largest absolute Gasteiger partial charge is 0.349 e. The number of amides is 1. The maximum absolute atomic E-state index is 12.8. The molecule has 0 unspecified atom stereocenters. The van der Waals surface area contributed by atoms with Gasteiger partial charge in [0.15, 0.2) is 0 Å². The van der Waals surface area contributed by atoms with E-state index in [9.17, 15) is 4.79 Å². The summed E-state index contributed by atoms with van der Waals surface area (Å²) in [5.41, 5.74) is 3.88. The van der Waals surface area contributed by atoms with Gasteiger partial charge in [0.1, 0.15) is 0 Å². The molecule has 0 spiro atoms. The molecule has 1 fully saturated rings. The smallest absolute Gasteiger partial charge is 0.223 e. The molecular formula is C25H33ClN2O. The number of nitrogens with one attached hydrogen (secondary N) is 1. The van der Waals surface area contributed by atoms with Crippen molar-refractivity contribution in [3.8, 4) is 0 Å². The molecule has 0 aliphatic carbocycles. The highest BCUT2D eigenvalue weighted by molar-refractivity contribution is 6.30. The Morgan fingerprint density at radius 2 is 1.66 bits per heavy atom. The summed E-state index contributed by atoms with van der Waals surface area (Å²) in [5, 5.41) is 3.99. The van der Waals surface area contributed by atoms with Gasteiger partial charge in [-0.2, -0.15) is 0 Å². The van der Waals surface area contributed by atoms with Gasteiger partial charge in [-0.1, -0.05) is 68.8 Å². The molecule has 29 heavy (non-hydrogen) atoms. The predicted molar refractivity (Wildman–Crippen MR) is 121 cm³/mol. The minimum Gasteiger partial charge on any atom is -0.349 e. The first kappa shape index (κ1) is 21.9. The lowest BCUT2D eigenvalue weighted by molar-refractivity contribution is -0.127. The molecule has 2 aromatic carbocycles. The first-order valence-corrected chi connectivity index (χ1v) is 11.0. The summed E-state index contributed by atoms with van der Waals surface area (Å²) in [4.78, 5) is 15.2. The van der Waals surface area contributed by atoms with Crippen LogP contribution in [0.25, 0.3) is 0 Å². The lowest BCUT2D eigenvalue weighted by Gasteiger charge is -2.32. The molecule has 0 bridgehead atoms. The van der Waals surface area contributed by atoms with E-state index in [1.165, 1.54) is 11.1 Å². The summed E-state index contributed by atoms with van der Waals surface area (Å²) in [7, 11) is 0. The molecule has 1 aliphatic rings. The third kappa shape index (κ3) is 6.07. The fourth-order valence-corrected chi connectivity index (χ4v) is 4.01. The van der Waals surface area contributed by atoms with Crippen molar-refractivity contribution < 1.29 is 4.79 Å². The van der Waals surface area contributed by atoms with Gasteiger partial charge in [0, 0.05) is 17.5 Å². The van der Waals surface area contributed by atoms with Crippen LogP contribution in [0.1, 0.15) is 63.3 Å². The minimum absolute atomic E-state index is 0.0311. The Morgan fingerprint density at radius 3 is 2.21 bits per heavy atom. The van der Waals surface area contributed by atoms with Gasteiger partial charge in [-0.3, -0.25) is 9.69 Å². The van der Waals surface area contributed by atoms with Crippen molar-refractivity contribution in [1.82, 2.24) is 10.2 Å². The minimum atomic E-state index is 0.0311. The molecule has 3 nitrogen and oxygen atoms in total. The molecule has 0 radical (unpaired) electrons. The standard InChI is InChI=1S/C25H33ClN2O/c1-18(20-7-9-22(10-8-20)25(2,3)4)27-24(29)21-13-15-28(16-14-21)17-19-5-11-23(26)12-6-19/h5-12,18,21H,13-17H2,1-4H3,(H,27,29)/t18-/m1/s1. The summed E-state index contributed by atoms with van der Waals surface area (Å²) >= 11 is 5.96. The van der Waals surface area contributed by atoms with E-state index in [2.05, 4.69) is 74.3 Å². The van der Waals surface area contributed by atoms with E-state index in [0.717, 1.165) is 43.1 Å². The highest BCUT2D eigenvalue weighted by Gasteiger charge is 2.26. The van der Waals surface area contributed by atoms with Crippen LogP contribution in [-0.2, 0) is 16.8 Å². The summed E-state index contributed by atoms with van der Waals surface area (Å²) in [5.74, 6) is 0.288. The zero-order valence-corrected chi connectivity index (χ0v) is 18.8. The van der Waals surface area contributed by atoms with E-state index in [1.807, 2.05) is 12.1 Å². The van der Waals surface area contributed by atoms with Crippen LogP contribution in [-0.4, -0.2) is 23.9 Å². The van der Waals surface area contributed by atoms with Gasteiger partial charge >= 0.3 is 0 Å². The Bertz CT molecular complexity index is 800. The Kier molecular flexibility index (Phi) is 7.02. The number of nitrogens with zero attached hydrogens (tertiary/aromatic N) is 1. The van der Waals surface area contributed by atoms with Crippen molar-refractivity contribution in [2.75, 3.05) is 13.1 Å². The maximum Gasteiger partial charge on any atom is 0.223 e. The molecule has 1 atom stereocenters. The fraction of sp³-hybridized carbons (Fsp3) is 0.480. The predicted octanol–water partition coefficient (Wildman–Crippen LogP) is 5.73. The maximum atomic E-state index is 12.8. The third-order valence-corrected chi connectivity index (χ3v) is 6.17. The van der Waals surface area contributed by atoms with Crippen LogP contribution in [0.4, 0.5) is 0 Å². The monoisotopic (exact) mass is 412 g/mol. The first-order chi connectivity index (χ1) is 13.7. The van der Waals surface area contributed by atoms with Crippen molar-refractivity contribution in [3.05, 3.63) is 70.2 Å². The Hall–Kier alpha value is -1.84. The first-order valence-electron chi connectivity index (χ1n) is 10.6. The zero-order chi connectivity index (χ0) is 21.0. The number of hydrogen-bond acceptors (Lipinski definition) is 2. The lowest BCUT2D eigenvalue weighted by Crippen LogP contribution is -2.40. The average Bonchev–Trinajstić information content (AvgIpc) is 2.69. The third-order valence-electron chi connectivity index (χ3n) is 5.91. The van der Waals surface area contributed by atoms with Gasteiger partial charge in [0.2, 0.25) is 5.91 Å². The van der Waals surface area contributed by atoms with Crippen molar-refractivity contribution in [1.29, 1.82) is 0 Å². The summed E-state index contributed by atoms with van der Waals surface area (Å²) < 4.78 is 0. The molecular weight excluding hydrogens is 380 g/mol. The second-order valence-electron chi connectivity index (χ2n) is 9.28. The van der Waals surface area contributed by atoms with Crippen molar-refractivity contribution in [3.63, 3.8) is 0 Å². The van der Waals surface area contributed by atoms with E-state index < -0.39 is 0 Å². The highest BCUT2D eigenvalue weighted by atomic mass is 35.5. The summed E-state index contributed by atoms with van der Waals surface area (Å²) in [6.07, 6.45) is 1.82. The molecule has 4 heteroatoms. The molecule has 1 N–H and O–H groups in total. The number of likely N-dealkylation sites (tertiary alicyclic amines) is 1. The molecule has 1 heterocycles. The molecule has 3 rings (SSSR count). The van der Waals surface area contributed by atoms with Gasteiger partial charge in [0.05, 0.1) is 6.04 Å². The quantitative estimate of drug-likeness (QED) is 0.680. The van der Waals surface area contributed by atoms with Crippen LogP contribution >= 0.6 is 11.6 Å².